The maximum absolute atomic E-state index is 13.8. The summed E-state index contributed by atoms with van der Waals surface area (Å²) in [4.78, 5) is 10.1. The normalized spacial score (nSPS) is 10.3. The largest absolute Gasteiger partial charge is 0.454 e. The molecular formula is C14H11ClFNO3. The molecule has 2 rings (SSSR count). The van der Waals surface area contributed by atoms with Crippen molar-refractivity contribution < 1.29 is 14.1 Å². The number of halogens is 2. The number of nitro benzene ring substituents is 1. The predicted octanol–water partition coefficient (Wildman–Crippen LogP) is 4.57. The molecule has 0 bridgehead atoms. The maximum atomic E-state index is 13.8. The van der Waals surface area contributed by atoms with Crippen molar-refractivity contribution in [2.24, 2.45) is 0 Å². The Kier molecular flexibility index (Phi) is 4.20. The van der Waals surface area contributed by atoms with Gasteiger partial charge in [0.15, 0.2) is 11.6 Å². The highest BCUT2D eigenvalue weighted by molar-refractivity contribution is 6.17. The van der Waals surface area contributed by atoms with Gasteiger partial charge in [0.1, 0.15) is 5.75 Å². The molecule has 0 saturated carbocycles. The zero-order valence-electron chi connectivity index (χ0n) is 10.6. The first-order valence-electron chi connectivity index (χ1n) is 5.78. The summed E-state index contributed by atoms with van der Waals surface area (Å²) in [5.41, 5.74) is 0.896. The van der Waals surface area contributed by atoms with Crippen LogP contribution >= 0.6 is 11.6 Å². The standard InChI is InChI=1S/C14H11ClFNO3/c1-9-5-14(12(16)7-13(9)17(18)19)20-11-4-2-3-10(6-11)8-15/h2-7H,8H2,1H3. The van der Waals surface area contributed by atoms with Crippen molar-refractivity contribution in [1.82, 2.24) is 0 Å². The fourth-order valence-corrected chi connectivity index (χ4v) is 1.90. The van der Waals surface area contributed by atoms with E-state index in [1.807, 2.05) is 6.07 Å². The zero-order valence-corrected chi connectivity index (χ0v) is 11.4. The third-order valence-electron chi connectivity index (χ3n) is 2.73. The molecule has 0 unspecified atom stereocenters. The molecule has 6 heteroatoms. The van der Waals surface area contributed by atoms with Crippen LogP contribution in [0.15, 0.2) is 36.4 Å². The molecule has 4 nitrogen and oxygen atoms in total. The van der Waals surface area contributed by atoms with E-state index >= 15 is 0 Å². The van der Waals surface area contributed by atoms with Gasteiger partial charge in [0.2, 0.25) is 0 Å². The molecule has 0 N–H and O–H groups in total. The number of ether oxygens (including phenoxy) is 1. The Morgan fingerprint density at radius 3 is 2.75 bits per heavy atom. The Hall–Kier alpha value is -2.14. The molecule has 0 aliphatic heterocycles. The van der Waals surface area contributed by atoms with Crippen molar-refractivity contribution in [2.45, 2.75) is 12.8 Å². The first kappa shape index (κ1) is 14.3. The van der Waals surface area contributed by atoms with Gasteiger partial charge in [-0.2, -0.15) is 0 Å². The van der Waals surface area contributed by atoms with Crippen LogP contribution in [0.4, 0.5) is 10.1 Å². The van der Waals surface area contributed by atoms with E-state index in [0.717, 1.165) is 11.6 Å². The molecule has 0 aromatic heterocycles. The zero-order chi connectivity index (χ0) is 14.7. The summed E-state index contributed by atoms with van der Waals surface area (Å²) in [6.07, 6.45) is 0. The van der Waals surface area contributed by atoms with Gasteiger partial charge in [-0.25, -0.2) is 4.39 Å². The number of alkyl halides is 1. The predicted molar refractivity (Wildman–Crippen MR) is 73.9 cm³/mol. The van der Waals surface area contributed by atoms with Crippen LogP contribution in [0.2, 0.25) is 0 Å². The van der Waals surface area contributed by atoms with Gasteiger partial charge in [0.25, 0.3) is 5.69 Å². The summed E-state index contributed by atoms with van der Waals surface area (Å²) in [6, 6.07) is 9.06. The average Bonchev–Trinajstić information content (AvgIpc) is 2.42. The lowest BCUT2D eigenvalue weighted by Gasteiger charge is -2.09. The van der Waals surface area contributed by atoms with Crippen molar-refractivity contribution in [3.63, 3.8) is 0 Å². The summed E-state index contributed by atoms with van der Waals surface area (Å²) >= 11 is 5.71. The van der Waals surface area contributed by atoms with Crippen LogP contribution < -0.4 is 4.74 Å². The van der Waals surface area contributed by atoms with E-state index in [9.17, 15) is 14.5 Å². The SMILES string of the molecule is Cc1cc(Oc2cccc(CCl)c2)c(F)cc1[N+](=O)[O-]. The molecular weight excluding hydrogens is 285 g/mol. The molecule has 0 heterocycles. The van der Waals surface area contributed by atoms with Gasteiger partial charge < -0.3 is 4.74 Å². The lowest BCUT2D eigenvalue weighted by atomic mass is 10.2. The third kappa shape index (κ3) is 3.05. The number of hydrogen-bond acceptors (Lipinski definition) is 3. The van der Waals surface area contributed by atoms with Gasteiger partial charge in [-0.15, -0.1) is 11.6 Å². The highest BCUT2D eigenvalue weighted by atomic mass is 35.5. The molecule has 0 aliphatic rings. The number of nitrogens with zero attached hydrogens (tertiary/aromatic N) is 1. The quantitative estimate of drug-likeness (QED) is 0.471. The summed E-state index contributed by atoms with van der Waals surface area (Å²) in [7, 11) is 0. The van der Waals surface area contributed by atoms with Crippen LogP contribution in [0, 0.1) is 22.9 Å². The van der Waals surface area contributed by atoms with Crippen LogP contribution in [0.5, 0.6) is 11.5 Å². The van der Waals surface area contributed by atoms with Crippen molar-refractivity contribution in [3.8, 4) is 11.5 Å². The Morgan fingerprint density at radius 2 is 2.10 bits per heavy atom. The van der Waals surface area contributed by atoms with Crippen LogP contribution in [-0.2, 0) is 5.88 Å². The summed E-state index contributed by atoms with van der Waals surface area (Å²) < 4.78 is 19.2. The fraction of sp³-hybridized carbons (Fsp3) is 0.143. The first-order valence-corrected chi connectivity index (χ1v) is 6.32. The lowest BCUT2D eigenvalue weighted by molar-refractivity contribution is -0.385. The summed E-state index contributed by atoms with van der Waals surface area (Å²) in [5.74, 6) is -0.0902. The minimum absolute atomic E-state index is 0.0557. The monoisotopic (exact) mass is 295 g/mol. The van der Waals surface area contributed by atoms with Crippen molar-refractivity contribution >= 4 is 17.3 Å². The van der Waals surface area contributed by atoms with Crippen LogP contribution in [0.3, 0.4) is 0 Å². The van der Waals surface area contributed by atoms with E-state index in [1.54, 1.807) is 18.2 Å². The second kappa shape index (κ2) is 5.88. The topological polar surface area (TPSA) is 52.4 Å². The number of nitro groups is 1. The van der Waals surface area contributed by atoms with Crippen LogP contribution in [-0.4, -0.2) is 4.92 Å². The number of aryl methyl sites for hydroxylation is 1. The van der Waals surface area contributed by atoms with E-state index in [1.165, 1.54) is 13.0 Å². The molecule has 20 heavy (non-hydrogen) atoms. The molecule has 104 valence electrons. The van der Waals surface area contributed by atoms with Crippen molar-refractivity contribution in [2.75, 3.05) is 0 Å². The van der Waals surface area contributed by atoms with Gasteiger partial charge in [-0.05, 0) is 30.7 Å². The fourth-order valence-electron chi connectivity index (χ4n) is 1.74. The average molecular weight is 296 g/mol. The Bertz CT molecular complexity index is 661. The lowest BCUT2D eigenvalue weighted by Crippen LogP contribution is -1.96. The maximum Gasteiger partial charge on any atom is 0.275 e. The third-order valence-corrected chi connectivity index (χ3v) is 3.04. The molecule has 0 saturated heterocycles. The molecule has 0 spiro atoms. The van der Waals surface area contributed by atoms with Gasteiger partial charge in [0, 0.05) is 11.4 Å². The Morgan fingerprint density at radius 1 is 1.35 bits per heavy atom. The van der Waals surface area contributed by atoms with E-state index in [0.29, 0.717) is 17.2 Å². The molecule has 0 fully saturated rings. The van der Waals surface area contributed by atoms with E-state index < -0.39 is 10.7 Å². The first-order chi connectivity index (χ1) is 9.51. The summed E-state index contributed by atoms with van der Waals surface area (Å²) in [5, 5.41) is 10.7. The highest BCUT2D eigenvalue weighted by Gasteiger charge is 2.16. The Balaban J connectivity index is 2.34. The van der Waals surface area contributed by atoms with Crippen LogP contribution in [0.25, 0.3) is 0 Å². The van der Waals surface area contributed by atoms with Crippen LogP contribution in [0.1, 0.15) is 11.1 Å². The molecule has 0 amide bonds. The molecule has 2 aromatic carbocycles. The number of hydrogen-bond donors (Lipinski definition) is 0. The van der Waals surface area contributed by atoms with Crippen molar-refractivity contribution in [1.29, 1.82) is 0 Å². The van der Waals surface area contributed by atoms with E-state index in [2.05, 4.69) is 0 Å². The van der Waals surface area contributed by atoms with Gasteiger partial charge in [-0.1, -0.05) is 12.1 Å². The molecule has 0 atom stereocenters. The minimum Gasteiger partial charge on any atom is -0.454 e. The summed E-state index contributed by atoms with van der Waals surface area (Å²) in [6.45, 7) is 1.53. The molecule has 0 radical (unpaired) electrons. The van der Waals surface area contributed by atoms with Gasteiger partial charge in [-0.3, -0.25) is 10.1 Å². The highest BCUT2D eigenvalue weighted by Crippen LogP contribution is 2.30. The second-order valence-corrected chi connectivity index (χ2v) is 4.48. The van der Waals surface area contributed by atoms with E-state index in [4.69, 9.17) is 16.3 Å². The number of benzene rings is 2. The van der Waals surface area contributed by atoms with E-state index in [-0.39, 0.29) is 11.4 Å². The van der Waals surface area contributed by atoms with Crippen molar-refractivity contribution in [3.05, 3.63) is 63.5 Å². The number of rotatable bonds is 4. The van der Waals surface area contributed by atoms with Gasteiger partial charge >= 0.3 is 0 Å². The second-order valence-electron chi connectivity index (χ2n) is 4.21. The molecule has 0 aliphatic carbocycles. The minimum atomic E-state index is -0.779. The smallest absolute Gasteiger partial charge is 0.275 e. The Labute approximate surface area is 119 Å². The van der Waals surface area contributed by atoms with Gasteiger partial charge in [0.05, 0.1) is 11.0 Å². The molecule has 2 aromatic rings.